The van der Waals surface area contributed by atoms with Crippen LogP contribution in [0.2, 0.25) is 0 Å². The van der Waals surface area contributed by atoms with Gasteiger partial charge < -0.3 is 14.4 Å². The molecular weight excluding hydrogens is 390 g/mol. The molecule has 0 N–H and O–H groups in total. The number of rotatable bonds is 4. The summed E-state index contributed by atoms with van der Waals surface area (Å²) in [6.07, 6.45) is 5.28. The van der Waals surface area contributed by atoms with Gasteiger partial charge in [0.05, 0.1) is 12.6 Å². The topological polar surface area (TPSA) is 64.0 Å². The molecule has 1 saturated heterocycles. The van der Waals surface area contributed by atoms with Gasteiger partial charge in [0, 0.05) is 35.7 Å². The first-order chi connectivity index (χ1) is 15.2. The maximum absolute atomic E-state index is 12.5. The molecule has 0 bridgehead atoms. The first-order valence-electron chi connectivity index (χ1n) is 10.5. The Morgan fingerprint density at radius 2 is 1.84 bits per heavy atom. The summed E-state index contributed by atoms with van der Waals surface area (Å²) >= 11 is 0. The minimum absolute atomic E-state index is 0.284. The molecule has 2 aliphatic heterocycles. The minimum Gasteiger partial charge on any atom is -0.497 e. The number of carbonyl (C=O) groups excluding carboxylic acids is 1. The number of hydrogen-bond acceptors (Lipinski definition) is 6. The first-order valence-corrected chi connectivity index (χ1v) is 10.5. The number of fused-ring (bicyclic) bond motifs is 1. The summed E-state index contributed by atoms with van der Waals surface area (Å²) in [6, 6.07) is 17.3. The van der Waals surface area contributed by atoms with Crippen molar-refractivity contribution in [1.29, 1.82) is 0 Å². The molecule has 0 radical (unpaired) electrons. The quantitative estimate of drug-likeness (QED) is 0.463. The van der Waals surface area contributed by atoms with E-state index in [-0.39, 0.29) is 5.70 Å². The fraction of sp³-hybridized carbons (Fsp3) is 0.240. The highest BCUT2D eigenvalue weighted by Crippen LogP contribution is 2.31. The summed E-state index contributed by atoms with van der Waals surface area (Å²) in [5.74, 6) is 1.52. The van der Waals surface area contributed by atoms with Crippen LogP contribution in [0.4, 0.5) is 5.82 Å². The standard InChI is InChI=1S/C25H23N3O3/c1-30-20-11-10-18-14-19(23(26-21(18)16-20)28-12-6-3-7-13-28)15-22-25(29)31-24(27-22)17-8-4-2-5-9-17/h2,4-5,8-11,14-16H,3,6-7,12-13H2,1H3. The van der Waals surface area contributed by atoms with E-state index in [1.165, 1.54) is 6.42 Å². The lowest BCUT2D eigenvalue weighted by molar-refractivity contribution is -0.129. The van der Waals surface area contributed by atoms with E-state index in [0.29, 0.717) is 5.90 Å². The zero-order valence-corrected chi connectivity index (χ0v) is 17.4. The lowest BCUT2D eigenvalue weighted by Gasteiger charge is -2.29. The van der Waals surface area contributed by atoms with E-state index in [4.69, 9.17) is 14.5 Å². The highest BCUT2D eigenvalue weighted by atomic mass is 16.6. The molecular formula is C25H23N3O3. The van der Waals surface area contributed by atoms with Crippen LogP contribution >= 0.6 is 0 Å². The molecule has 3 aromatic rings. The van der Waals surface area contributed by atoms with Gasteiger partial charge in [0.1, 0.15) is 11.6 Å². The number of esters is 1. The summed E-state index contributed by atoms with van der Waals surface area (Å²) in [6.45, 7) is 1.89. The number of carbonyl (C=O) groups is 1. The summed E-state index contributed by atoms with van der Waals surface area (Å²) in [5, 5.41) is 0.979. The van der Waals surface area contributed by atoms with Crippen molar-refractivity contribution >= 4 is 34.7 Å². The number of anilines is 1. The van der Waals surface area contributed by atoms with Crippen molar-refractivity contribution in [3.05, 3.63) is 71.4 Å². The normalized spacial score (nSPS) is 17.7. The van der Waals surface area contributed by atoms with E-state index < -0.39 is 5.97 Å². The van der Waals surface area contributed by atoms with Gasteiger partial charge in [-0.1, -0.05) is 18.2 Å². The van der Waals surface area contributed by atoms with Gasteiger partial charge in [0.25, 0.3) is 0 Å². The van der Waals surface area contributed by atoms with Crippen molar-refractivity contribution < 1.29 is 14.3 Å². The SMILES string of the molecule is COc1ccc2cc(C=C3N=C(c4ccccc4)OC3=O)c(N3CCCCC3)nc2c1. The van der Waals surface area contributed by atoms with Gasteiger partial charge in [0.15, 0.2) is 5.70 Å². The predicted molar refractivity (Wildman–Crippen MR) is 121 cm³/mol. The van der Waals surface area contributed by atoms with Crippen LogP contribution in [0.15, 0.2) is 65.3 Å². The lowest BCUT2D eigenvalue weighted by Crippen LogP contribution is -2.30. The van der Waals surface area contributed by atoms with Crippen LogP contribution in [0, 0.1) is 0 Å². The number of aromatic nitrogens is 1. The number of piperidine rings is 1. The molecule has 6 nitrogen and oxygen atoms in total. The monoisotopic (exact) mass is 413 g/mol. The van der Waals surface area contributed by atoms with E-state index >= 15 is 0 Å². The molecule has 1 fully saturated rings. The molecule has 6 heteroatoms. The number of cyclic esters (lactones) is 1. The number of hydrogen-bond donors (Lipinski definition) is 0. The summed E-state index contributed by atoms with van der Waals surface area (Å²) in [4.78, 5) is 24.3. The molecule has 31 heavy (non-hydrogen) atoms. The van der Waals surface area contributed by atoms with Crippen molar-refractivity contribution in [2.24, 2.45) is 4.99 Å². The Kier molecular flexibility index (Phi) is 5.12. The molecule has 0 unspecified atom stereocenters. The van der Waals surface area contributed by atoms with Gasteiger partial charge in [0.2, 0.25) is 5.90 Å². The molecule has 0 atom stereocenters. The largest absolute Gasteiger partial charge is 0.497 e. The fourth-order valence-electron chi connectivity index (χ4n) is 4.01. The third-order valence-corrected chi connectivity index (χ3v) is 5.62. The van der Waals surface area contributed by atoms with Crippen molar-refractivity contribution in [3.63, 3.8) is 0 Å². The highest BCUT2D eigenvalue weighted by molar-refractivity contribution is 6.13. The smallest absolute Gasteiger partial charge is 0.363 e. The third-order valence-electron chi connectivity index (χ3n) is 5.62. The Labute approximate surface area is 180 Å². The Hall–Kier alpha value is -3.67. The highest BCUT2D eigenvalue weighted by Gasteiger charge is 2.25. The van der Waals surface area contributed by atoms with Gasteiger partial charge in [-0.3, -0.25) is 0 Å². The molecule has 156 valence electrons. The maximum Gasteiger partial charge on any atom is 0.363 e. The number of nitrogens with zero attached hydrogens (tertiary/aromatic N) is 3. The molecule has 0 saturated carbocycles. The van der Waals surface area contributed by atoms with Gasteiger partial charge in [-0.05, 0) is 55.7 Å². The average molecular weight is 413 g/mol. The van der Waals surface area contributed by atoms with Crippen molar-refractivity contribution in [2.45, 2.75) is 19.3 Å². The molecule has 3 heterocycles. The molecule has 5 rings (SSSR count). The predicted octanol–water partition coefficient (Wildman–Crippen LogP) is 4.58. The van der Waals surface area contributed by atoms with Gasteiger partial charge in [-0.25, -0.2) is 14.8 Å². The Bertz CT molecular complexity index is 1200. The Morgan fingerprint density at radius 3 is 2.61 bits per heavy atom. The summed E-state index contributed by atoms with van der Waals surface area (Å²) < 4.78 is 10.8. The van der Waals surface area contributed by atoms with Crippen molar-refractivity contribution in [1.82, 2.24) is 4.98 Å². The number of pyridine rings is 1. The molecule has 0 aliphatic carbocycles. The van der Waals surface area contributed by atoms with Crippen LogP contribution in [-0.4, -0.2) is 37.1 Å². The summed E-state index contributed by atoms with van der Waals surface area (Å²) in [5.41, 5.74) is 2.79. The second-order valence-electron chi connectivity index (χ2n) is 7.71. The average Bonchev–Trinajstić information content (AvgIpc) is 3.19. The molecule has 1 aromatic heterocycles. The van der Waals surface area contributed by atoms with E-state index in [2.05, 4.69) is 16.0 Å². The lowest BCUT2D eigenvalue weighted by atomic mass is 10.1. The molecule has 2 aromatic carbocycles. The Morgan fingerprint density at radius 1 is 1.03 bits per heavy atom. The fourth-order valence-corrected chi connectivity index (χ4v) is 4.01. The van der Waals surface area contributed by atoms with Crippen LogP contribution in [0.3, 0.4) is 0 Å². The van der Waals surface area contributed by atoms with E-state index in [0.717, 1.165) is 59.5 Å². The van der Waals surface area contributed by atoms with Crippen LogP contribution in [-0.2, 0) is 9.53 Å². The van der Waals surface area contributed by atoms with Crippen LogP contribution < -0.4 is 9.64 Å². The number of methoxy groups -OCH3 is 1. The maximum atomic E-state index is 12.5. The van der Waals surface area contributed by atoms with Gasteiger partial charge >= 0.3 is 5.97 Å². The van der Waals surface area contributed by atoms with Crippen LogP contribution in [0.25, 0.3) is 17.0 Å². The van der Waals surface area contributed by atoms with Crippen LogP contribution in [0.5, 0.6) is 5.75 Å². The van der Waals surface area contributed by atoms with Crippen LogP contribution in [0.1, 0.15) is 30.4 Å². The zero-order valence-electron chi connectivity index (χ0n) is 17.4. The van der Waals surface area contributed by atoms with Gasteiger partial charge in [-0.2, -0.15) is 0 Å². The number of benzene rings is 2. The van der Waals surface area contributed by atoms with Crippen molar-refractivity contribution in [3.8, 4) is 5.75 Å². The molecule has 0 spiro atoms. The van der Waals surface area contributed by atoms with E-state index in [1.807, 2.05) is 48.5 Å². The summed E-state index contributed by atoms with van der Waals surface area (Å²) in [7, 11) is 1.65. The zero-order chi connectivity index (χ0) is 21.2. The first kappa shape index (κ1) is 19.3. The number of ether oxygens (including phenoxy) is 2. The minimum atomic E-state index is -0.446. The van der Waals surface area contributed by atoms with E-state index in [9.17, 15) is 4.79 Å². The second-order valence-corrected chi connectivity index (χ2v) is 7.71. The molecule has 2 aliphatic rings. The third kappa shape index (κ3) is 3.89. The van der Waals surface area contributed by atoms with E-state index in [1.54, 1.807) is 13.2 Å². The number of aliphatic imine (C=N–C) groups is 1. The van der Waals surface area contributed by atoms with Gasteiger partial charge in [-0.15, -0.1) is 0 Å². The van der Waals surface area contributed by atoms with Crippen molar-refractivity contribution in [2.75, 3.05) is 25.1 Å². The molecule has 0 amide bonds. The second kappa shape index (κ2) is 8.22. The Balaban J connectivity index is 1.60.